The van der Waals surface area contributed by atoms with Gasteiger partial charge in [-0.1, -0.05) is 80.1 Å². The summed E-state index contributed by atoms with van der Waals surface area (Å²) in [5.74, 6) is 4.86. The first-order chi connectivity index (χ1) is 16.3. The summed E-state index contributed by atoms with van der Waals surface area (Å²) in [5, 5.41) is 0. The zero-order valence-electron chi connectivity index (χ0n) is 23.3. The highest BCUT2D eigenvalue weighted by Crippen LogP contribution is 2.31. The molecular weight excluding hydrogens is 420 g/mol. The van der Waals surface area contributed by atoms with Gasteiger partial charge in [-0.05, 0) is 85.7 Å². The SMILES string of the molecule is CC(C)CCCC(C)CCOc1cc(CCN)c(OCCC(C)CCCC(C)C)cc1CCN. The van der Waals surface area contributed by atoms with Crippen molar-refractivity contribution in [2.75, 3.05) is 26.3 Å². The summed E-state index contributed by atoms with van der Waals surface area (Å²) in [6.07, 6.45) is 11.5. The van der Waals surface area contributed by atoms with E-state index in [0.29, 0.717) is 24.9 Å². The van der Waals surface area contributed by atoms with E-state index in [1.807, 2.05) is 0 Å². The summed E-state index contributed by atoms with van der Waals surface area (Å²) in [7, 11) is 0. The molecule has 0 bridgehead atoms. The van der Waals surface area contributed by atoms with Gasteiger partial charge in [0.1, 0.15) is 11.5 Å². The third kappa shape index (κ3) is 13.6. The quantitative estimate of drug-likeness (QED) is 0.210. The molecule has 0 saturated carbocycles. The van der Waals surface area contributed by atoms with Gasteiger partial charge in [0.15, 0.2) is 0 Å². The van der Waals surface area contributed by atoms with Crippen molar-refractivity contribution < 1.29 is 9.47 Å². The van der Waals surface area contributed by atoms with Crippen LogP contribution in [0, 0.1) is 23.7 Å². The smallest absolute Gasteiger partial charge is 0.123 e. The van der Waals surface area contributed by atoms with Crippen LogP contribution in [0.4, 0.5) is 0 Å². The molecule has 2 unspecified atom stereocenters. The third-order valence-electron chi connectivity index (χ3n) is 6.76. The molecule has 0 saturated heterocycles. The Kier molecular flexibility index (Phi) is 16.4. The van der Waals surface area contributed by atoms with E-state index in [-0.39, 0.29) is 0 Å². The van der Waals surface area contributed by atoms with Crippen LogP contribution < -0.4 is 20.9 Å². The molecule has 1 aromatic rings. The minimum Gasteiger partial charge on any atom is -0.493 e. The van der Waals surface area contributed by atoms with E-state index < -0.39 is 0 Å². The number of hydrogen-bond donors (Lipinski definition) is 2. The average Bonchev–Trinajstić information content (AvgIpc) is 2.76. The van der Waals surface area contributed by atoms with Crippen molar-refractivity contribution in [1.82, 2.24) is 0 Å². The normalized spacial score (nSPS) is 13.5. The monoisotopic (exact) mass is 476 g/mol. The van der Waals surface area contributed by atoms with Crippen LogP contribution in [0.3, 0.4) is 0 Å². The predicted molar refractivity (Wildman–Crippen MR) is 148 cm³/mol. The van der Waals surface area contributed by atoms with Gasteiger partial charge in [0.25, 0.3) is 0 Å². The van der Waals surface area contributed by atoms with E-state index in [2.05, 4.69) is 53.7 Å². The Morgan fingerprint density at radius 2 is 0.971 bits per heavy atom. The Morgan fingerprint density at radius 1 is 0.588 bits per heavy atom. The summed E-state index contributed by atoms with van der Waals surface area (Å²) in [6.45, 7) is 16.6. The molecule has 1 rings (SSSR count). The molecule has 0 heterocycles. The molecule has 34 heavy (non-hydrogen) atoms. The van der Waals surface area contributed by atoms with Crippen molar-refractivity contribution in [3.8, 4) is 11.5 Å². The number of benzene rings is 1. The lowest BCUT2D eigenvalue weighted by atomic mass is 9.97. The molecule has 1 aromatic carbocycles. The van der Waals surface area contributed by atoms with Crippen molar-refractivity contribution in [3.63, 3.8) is 0 Å². The first-order valence-corrected chi connectivity index (χ1v) is 14.1. The van der Waals surface area contributed by atoms with Gasteiger partial charge < -0.3 is 20.9 Å². The topological polar surface area (TPSA) is 70.5 Å². The standard InChI is InChI=1S/C30H56N2O2/c1-23(2)9-7-11-25(5)15-19-33-29-21-28(14-18-32)30(22-27(29)13-17-31)34-20-16-26(6)12-8-10-24(3)4/h21-26H,7-20,31-32H2,1-6H3. The molecule has 0 aliphatic carbocycles. The van der Waals surface area contributed by atoms with Gasteiger partial charge in [-0.3, -0.25) is 0 Å². The van der Waals surface area contributed by atoms with Gasteiger partial charge in [-0.25, -0.2) is 0 Å². The van der Waals surface area contributed by atoms with Crippen LogP contribution in [-0.4, -0.2) is 26.3 Å². The summed E-state index contributed by atoms with van der Waals surface area (Å²) in [6, 6.07) is 4.31. The highest BCUT2D eigenvalue weighted by Gasteiger charge is 2.14. The maximum atomic E-state index is 6.28. The molecule has 4 N–H and O–H groups in total. The zero-order valence-corrected chi connectivity index (χ0v) is 23.3. The predicted octanol–water partition coefficient (Wildman–Crippen LogP) is 7.15. The van der Waals surface area contributed by atoms with Crippen LogP contribution in [-0.2, 0) is 12.8 Å². The van der Waals surface area contributed by atoms with E-state index in [0.717, 1.165) is 73.4 Å². The van der Waals surface area contributed by atoms with Gasteiger partial charge >= 0.3 is 0 Å². The number of ether oxygens (including phenoxy) is 2. The molecule has 0 aromatic heterocycles. The Labute approximate surface area is 211 Å². The van der Waals surface area contributed by atoms with Crippen LogP contribution in [0.2, 0.25) is 0 Å². The fourth-order valence-electron chi connectivity index (χ4n) is 4.39. The van der Waals surface area contributed by atoms with Crippen molar-refractivity contribution in [2.45, 2.75) is 106 Å². The summed E-state index contributed by atoms with van der Waals surface area (Å²) in [5.41, 5.74) is 14.1. The second-order valence-electron chi connectivity index (χ2n) is 11.3. The fraction of sp³-hybridized carbons (Fsp3) is 0.800. The van der Waals surface area contributed by atoms with Crippen LogP contribution in [0.15, 0.2) is 12.1 Å². The zero-order chi connectivity index (χ0) is 25.3. The van der Waals surface area contributed by atoms with Gasteiger partial charge in [0.05, 0.1) is 13.2 Å². The van der Waals surface area contributed by atoms with E-state index >= 15 is 0 Å². The van der Waals surface area contributed by atoms with E-state index in [4.69, 9.17) is 20.9 Å². The molecular formula is C30H56N2O2. The molecule has 0 radical (unpaired) electrons. The van der Waals surface area contributed by atoms with Crippen LogP contribution in [0.25, 0.3) is 0 Å². The maximum absolute atomic E-state index is 6.28. The second-order valence-corrected chi connectivity index (χ2v) is 11.3. The lowest BCUT2D eigenvalue weighted by Gasteiger charge is -2.19. The molecule has 0 aliphatic heterocycles. The molecule has 4 nitrogen and oxygen atoms in total. The van der Waals surface area contributed by atoms with Crippen LogP contribution in [0.5, 0.6) is 11.5 Å². The highest BCUT2D eigenvalue weighted by atomic mass is 16.5. The minimum atomic E-state index is 0.602. The number of hydrogen-bond acceptors (Lipinski definition) is 4. The minimum absolute atomic E-state index is 0.602. The molecule has 2 atom stereocenters. The third-order valence-corrected chi connectivity index (χ3v) is 6.76. The molecule has 4 heteroatoms. The highest BCUT2D eigenvalue weighted by molar-refractivity contribution is 5.47. The van der Waals surface area contributed by atoms with E-state index in [1.165, 1.54) is 38.5 Å². The van der Waals surface area contributed by atoms with Crippen molar-refractivity contribution >= 4 is 0 Å². The Bertz CT molecular complexity index is 589. The van der Waals surface area contributed by atoms with E-state index in [9.17, 15) is 0 Å². The van der Waals surface area contributed by atoms with Crippen molar-refractivity contribution in [2.24, 2.45) is 35.1 Å². The fourth-order valence-corrected chi connectivity index (χ4v) is 4.39. The first-order valence-electron chi connectivity index (χ1n) is 14.1. The second kappa shape index (κ2) is 18.1. The average molecular weight is 477 g/mol. The lowest BCUT2D eigenvalue weighted by Crippen LogP contribution is -2.12. The molecule has 0 amide bonds. The molecule has 198 valence electrons. The Balaban J connectivity index is 2.69. The summed E-state index contributed by atoms with van der Waals surface area (Å²) < 4.78 is 12.6. The number of nitrogens with two attached hydrogens (primary N) is 2. The molecule has 0 fully saturated rings. The van der Waals surface area contributed by atoms with Gasteiger partial charge in [-0.15, -0.1) is 0 Å². The maximum Gasteiger partial charge on any atom is 0.123 e. The summed E-state index contributed by atoms with van der Waals surface area (Å²) >= 11 is 0. The van der Waals surface area contributed by atoms with Gasteiger partial charge in [0, 0.05) is 0 Å². The van der Waals surface area contributed by atoms with Crippen LogP contribution in [0.1, 0.15) is 104 Å². The first kappa shape index (κ1) is 30.8. The van der Waals surface area contributed by atoms with Crippen molar-refractivity contribution in [3.05, 3.63) is 23.3 Å². The Morgan fingerprint density at radius 3 is 1.29 bits per heavy atom. The van der Waals surface area contributed by atoms with Gasteiger partial charge in [0.2, 0.25) is 0 Å². The summed E-state index contributed by atoms with van der Waals surface area (Å²) in [4.78, 5) is 0. The lowest BCUT2D eigenvalue weighted by molar-refractivity contribution is 0.265. The van der Waals surface area contributed by atoms with E-state index in [1.54, 1.807) is 0 Å². The van der Waals surface area contributed by atoms with Gasteiger partial charge in [-0.2, -0.15) is 0 Å². The van der Waals surface area contributed by atoms with Crippen LogP contribution >= 0.6 is 0 Å². The number of rotatable bonds is 20. The molecule has 0 spiro atoms. The molecule has 0 aliphatic rings. The Hall–Kier alpha value is -1.26. The van der Waals surface area contributed by atoms with Crippen molar-refractivity contribution in [1.29, 1.82) is 0 Å². The largest absolute Gasteiger partial charge is 0.493 e.